The van der Waals surface area contributed by atoms with Crippen LogP contribution in [-0.4, -0.2) is 11.8 Å². The standard InChI is InChI=1S/C12H15ClFNO/c1-12(2,3)11(15)10(16)8-5-4-7(13)6-9(8)14/h4-6,11H,15H2,1-3H3. The lowest BCUT2D eigenvalue weighted by molar-refractivity contribution is 0.0897. The van der Waals surface area contributed by atoms with Crippen LogP contribution in [0.4, 0.5) is 4.39 Å². The van der Waals surface area contributed by atoms with Crippen LogP contribution in [0, 0.1) is 11.2 Å². The normalized spacial score (nSPS) is 13.6. The van der Waals surface area contributed by atoms with Gasteiger partial charge in [-0.3, -0.25) is 4.79 Å². The van der Waals surface area contributed by atoms with Crippen molar-refractivity contribution in [2.24, 2.45) is 11.1 Å². The number of hydrogen-bond acceptors (Lipinski definition) is 2. The number of carbonyl (C=O) groups excluding carboxylic acids is 1. The molecule has 1 atom stereocenters. The van der Waals surface area contributed by atoms with Gasteiger partial charge in [0.2, 0.25) is 0 Å². The Balaban J connectivity index is 3.06. The van der Waals surface area contributed by atoms with E-state index in [2.05, 4.69) is 0 Å². The van der Waals surface area contributed by atoms with Gasteiger partial charge in [0.05, 0.1) is 11.6 Å². The fourth-order valence-corrected chi connectivity index (χ4v) is 1.41. The highest BCUT2D eigenvalue weighted by Crippen LogP contribution is 2.23. The van der Waals surface area contributed by atoms with Crippen LogP contribution in [-0.2, 0) is 0 Å². The van der Waals surface area contributed by atoms with Gasteiger partial charge in [0.15, 0.2) is 5.78 Å². The maximum absolute atomic E-state index is 13.5. The number of halogens is 2. The molecule has 1 unspecified atom stereocenters. The Morgan fingerprint density at radius 1 is 1.44 bits per heavy atom. The van der Waals surface area contributed by atoms with Crippen LogP contribution in [0.1, 0.15) is 31.1 Å². The zero-order valence-electron chi connectivity index (χ0n) is 9.55. The average molecular weight is 244 g/mol. The van der Waals surface area contributed by atoms with Gasteiger partial charge in [-0.25, -0.2) is 4.39 Å². The van der Waals surface area contributed by atoms with Crippen LogP contribution in [0.15, 0.2) is 18.2 Å². The number of hydrogen-bond donors (Lipinski definition) is 1. The van der Waals surface area contributed by atoms with Crippen molar-refractivity contribution in [3.05, 3.63) is 34.6 Å². The van der Waals surface area contributed by atoms with E-state index in [1.165, 1.54) is 12.1 Å². The van der Waals surface area contributed by atoms with Gasteiger partial charge in [-0.15, -0.1) is 0 Å². The SMILES string of the molecule is CC(C)(C)C(N)C(=O)c1ccc(Cl)cc1F. The summed E-state index contributed by atoms with van der Waals surface area (Å²) in [4.78, 5) is 11.9. The monoisotopic (exact) mass is 243 g/mol. The minimum absolute atomic E-state index is 0.00757. The Morgan fingerprint density at radius 3 is 2.44 bits per heavy atom. The summed E-state index contributed by atoms with van der Waals surface area (Å²) >= 11 is 5.61. The molecule has 0 heterocycles. The maximum atomic E-state index is 13.5. The zero-order chi connectivity index (χ0) is 12.5. The molecule has 0 amide bonds. The molecule has 16 heavy (non-hydrogen) atoms. The maximum Gasteiger partial charge on any atom is 0.182 e. The molecule has 0 fully saturated rings. The first-order valence-electron chi connectivity index (χ1n) is 4.98. The first-order chi connectivity index (χ1) is 7.23. The van der Waals surface area contributed by atoms with Gasteiger partial charge < -0.3 is 5.73 Å². The van der Waals surface area contributed by atoms with Crippen LogP contribution in [0.25, 0.3) is 0 Å². The summed E-state index contributed by atoms with van der Waals surface area (Å²) in [6.07, 6.45) is 0. The van der Waals surface area contributed by atoms with Gasteiger partial charge >= 0.3 is 0 Å². The van der Waals surface area contributed by atoms with E-state index in [0.29, 0.717) is 0 Å². The predicted molar refractivity (Wildman–Crippen MR) is 63.2 cm³/mol. The van der Waals surface area contributed by atoms with E-state index in [1.54, 1.807) is 0 Å². The Morgan fingerprint density at radius 2 is 2.00 bits per heavy atom. The largest absolute Gasteiger partial charge is 0.321 e. The number of carbonyl (C=O) groups is 1. The fraction of sp³-hybridized carbons (Fsp3) is 0.417. The molecule has 0 spiro atoms. The summed E-state index contributed by atoms with van der Waals surface area (Å²) in [5.74, 6) is -1.03. The van der Waals surface area contributed by atoms with Gasteiger partial charge in [-0.2, -0.15) is 0 Å². The first kappa shape index (κ1) is 13.1. The van der Waals surface area contributed by atoms with Crippen LogP contribution >= 0.6 is 11.6 Å². The van der Waals surface area contributed by atoms with E-state index in [9.17, 15) is 9.18 Å². The highest BCUT2D eigenvalue weighted by Gasteiger charge is 2.29. The van der Waals surface area contributed by atoms with E-state index < -0.39 is 23.1 Å². The van der Waals surface area contributed by atoms with Crippen LogP contribution in [0.5, 0.6) is 0 Å². The minimum atomic E-state index is -0.733. The second-order valence-electron chi connectivity index (χ2n) is 4.83. The Hall–Kier alpha value is -0.930. The van der Waals surface area contributed by atoms with E-state index in [4.69, 9.17) is 17.3 Å². The van der Waals surface area contributed by atoms with Crippen molar-refractivity contribution in [3.8, 4) is 0 Å². The van der Waals surface area contributed by atoms with Gasteiger partial charge in [0, 0.05) is 5.02 Å². The van der Waals surface area contributed by atoms with Gasteiger partial charge in [0.25, 0.3) is 0 Å². The highest BCUT2D eigenvalue weighted by atomic mass is 35.5. The minimum Gasteiger partial charge on any atom is -0.321 e. The summed E-state index contributed by atoms with van der Waals surface area (Å²) in [6.45, 7) is 5.51. The topological polar surface area (TPSA) is 43.1 Å². The molecule has 88 valence electrons. The van der Waals surface area contributed by atoms with Crippen molar-refractivity contribution < 1.29 is 9.18 Å². The predicted octanol–water partition coefficient (Wildman–Crippen LogP) is 3.04. The van der Waals surface area contributed by atoms with Crippen LogP contribution in [0.2, 0.25) is 5.02 Å². The van der Waals surface area contributed by atoms with E-state index in [0.717, 1.165) is 6.07 Å². The quantitative estimate of drug-likeness (QED) is 0.812. The third kappa shape index (κ3) is 2.80. The molecule has 0 aliphatic rings. The molecule has 2 nitrogen and oxygen atoms in total. The highest BCUT2D eigenvalue weighted by molar-refractivity contribution is 6.30. The van der Waals surface area contributed by atoms with Gasteiger partial charge in [0.1, 0.15) is 5.82 Å². The number of benzene rings is 1. The van der Waals surface area contributed by atoms with E-state index in [1.807, 2.05) is 20.8 Å². The molecule has 0 aliphatic heterocycles. The molecule has 2 N–H and O–H groups in total. The van der Waals surface area contributed by atoms with Crippen LogP contribution in [0.3, 0.4) is 0 Å². The smallest absolute Gasteiger partial charge is 0.182 e. The summed E-state index contributed by atoms with van der Waals surface area (Å²) < 4.78 is 13.5. The molecule has 0 aliphatic carbocycles. The molecule has 0 bridgehead atoms. The van der Waals surface area contributed by atoms with Crippen LogP contribution < -0.4 is 5.73 Å². The molecule has 0 radical (unpaired) electrons. The summed E-state index contributed by atoms with van der Waals surface area (Å²) in [6, 6.07) is 3.23. The lowest BCUT2D eigenvalue weighted by atomic mass is 9.83. The van der Waals surface area contributed by atoms with Gasteiger partial charge in [-0.05, 0) is 23.6 Å². The Kier molecular flexibility index (Phi) is 3.71. The third-order valence-corrected chi connectivity index (χ3v) is 2.65. The number of rotatable bonds is 2. The zero-order valence-corrected chi connectivity index (χ0v) is 10.3. The summed E-state index contributed by atoms with van der Waals surface area (Å²) in [7, 11) is 0. The second kappa shape index (κ2) is 4.52. The number of ketones is 1. The van der Waals surface area contributed by atoms with Crippen molar-refractivity contribution in [2.45, 2.75) is 26.8 Å². The summed E-state index contributed by atoms with van der Waals surface area (Å²) in [5, 5.41) is 0.262. The molecule has 1 rings (SSSR count). The first-order valence-corrected chi connectivity index (χ1v) is 5.36. The Bertz CT molecular complexity index is 412. The molecule has 0 aromatic heterocycles. The molecular weight excluding hydrogens is 229 g/mol. The molecular formula is C12H15ClFNO. The lowest BCUT2D eigenvalue weighted by Crippen LogP contribution is -2.42. The summed E-state index contributed by atoms with van der Waals surface area (Å²) in [5.41, 5.74) is 5.38. The van der Waals surface area contributed by atoms with Crippen molar-refractivity contribution in [1.29, 1.82) is 0 Å². The second-order valence-corrected chi connectivity index (χ2v) is 5.27. The van der Waals surface area contributed by atoms with Crippen molar-refractivity contribution >= 4 is 17.4 Å². The molecule has 0 saturated heterocycles. The molecule has 0 saturated carbocycles. The molecule has 4 heteroatoms. The fourth-order valence-electron chi connectivity index (χ4n) is 1.25. The van der Waals surface area contributed by atoms with Gasteiger partial charge in [-0.1, -0.05) is 32.4 Å². The average Bonchev–Trinajstić information content (AvgIpc) is 2.14. The molecule has 1 aromatic carbocycles. The van der Waals surface area contributed by atoms with E-state index >= 15 is 0 Å². The van der Waals surface area contributed by atoms with E-state index in [-0.39, 0.29) is 10.6 Å². The third-order valence-electron chi connectivity index (χ3n) is 2.41. The molecule has 1 aromatic rings. The number of nitrogens with two attached hydrogens (primary N) is 1. The van der Waals surface area contributed by atoms with Crippen molar-refractivity contribution in [3.63, 3.8) is 0 Å². The number of Topliss-reactive ketones (excluding diaryl/α,β-unsaturated/α-hetero) is 1. The van der Waals surface area contributed by atoms with Crippen molar-refractivity contribution in [2.75, 3.05) is 0 Å². The lowest BCUT2D eigenvalue weighted by Gasteiger charge is -2.25. The Labute approximate surface area is 99.6 Å². The van der Waals surface area contributed by atoms with Crippen molar-refractivity contribution in [1.82, 2.24) is 0 Å².